The zero-order valence-electron chi connectivity index (χ0n) is 14.2. The van der Waals surface area contributed by atoms with Gasteiger partial charge in [0, 0.05) is 11.6 Å². The monoisotopic (exact) mass is 336 g/mol. The summed E-state index contributed by atoms with van der Waals surface area (Å²) in [5.41, 5.74) is 6.15. The smallest absolute Gasteiger partial charge is 0.237 e. The Balaban J connectivity index is 0.000000816. The van der Waals surface area contributed by atoms with E-state index in [2.05, 4.69) is 36.8 Å². The van der Waals surface area contributed by atoms with Gasteiger partial charge in [0.05, 0.1) is 12.8 Å². The number of carbonyl (C=O) groups is 1. The van der Waals surface area contributed by atoms with E-state index in [1.807, 2.05) is 19.1 Å². The molecule has 23 heavy (non-hydrogen) atoms. The molecule has 3 N–H and O–H groups in total. The van der Waals surface area contributed by atoms with Crippen LogP contribution >= 0.6 is 11.3 Å². The number of aromatic nitrogens is 2. The number of aryl methyl sites for hydroxylation is 1. The number of ether oxygens (including phenoxy) is 1. The van der Waals surface area contributed by atoms with Crippen LogP contribution in [-0.4, -0.2) is 23.5 Å². The molecule has 0 aliphatic carbocycles. The maximum absolute atomic E-state index is 8.58. The standard InChI is InChI=1S/C15H21N3OS.CH3NO/c1-6-15(3,4)14-17-10(2)13(20-14)18-11-8-7-9-16-12(11)19-5;2-1-3/h7-9,18H,6H2,1-5H3;1H,(H2,2,3). The Morgan fingerprint density at radius 3 is 2.70 bits per heavy atom. The quantitative estimate of drug-likeness (QED) is 0.817. The van der Waals surface area contributed by atoms with E-state index in [9.17, 15) is 0 Å². The summed E-state index contributed by atoms with van der Waals surface area (Å²) < 4.78 is 5.26. The minimum atomic E-state index is 0.106. The Morgan fingerprint density at radius 2 is 2.13 bits per heavy atom. The van der Waals surface area contributed by atoms with Crippen LogP contribution in [0, 0.1) is 6.92 Å². The van der Waals surface area contributed by atoms with Crippen molar-refractivity contribution in [3.8, 4) is 5.88 Å². The summed E-state index contributed by atoms with van der Waals surface area (Å²) in [7, 11) is 1.62. The molecule has 0 bridgehead atoms. The highest BCUT2D eigenvalue weighted by molar-refractivity contribution is 7.16. The van der Waals surface area contributed by atoms with Crippen molar-refractivity contribution in [1.29, 1.82) is 0 Å². The summed E-state index contributed by atoms with van der Waals surface area (Å²) in [4.78, 5) is 17.5. The van der Waals surface area contributed by atoms with E-state index in [1.54, 1.807) is 24.6 Å². The van der Waals surface area contributed by atoms with Crippen molar-refractivity contribution < 1.29 is 9.53 Å². The lowest BCUT2D eigenvalue weighted by atomic mass is 9.91. The van der Waals surface area contributed by atoms with Crippen molar-refractivity contribution in [2.75, 3.05) is 12.4 Å². The molecule has 0 saturated carbocycles. The molecule has 0 spiro atoms. The molecule has 0 aromatic carbocycles. The van der Waals surface area contributed by atoms with E-state index in [-0.39, 0.29) is 11.8 Å². The van der Waals surface area contributed by atoms with Gasteiger partial charge in [0.1, 0.15) is 15.7 Å². The first kappa shape index (κ1) is 18.9. The van der Waals surface area contributed by atoms with Crippen LogP contribution in [0.15, 0.2) is 18.3 Å². The molecule has 6 nitrogen and oxygen atoms in total. The zero-order chi connectivity index (χ0) is 17.5. The summed E-state index contributed by atoms with van der Waals surface area (Å²) in [6.45, 7) is 8.66. The van der Waals surface area contributed by atoms with E-state index in [1.165, 1.54) is 0 Å². The average Bonchev–Trinajstić information content (AvgIpc) is 2.90. The highest BCUT2D eigenvalue weighted by Gasteiger charge is 2.23. The molecule has 126 valence electrons. The molecule has 0 radical (unpaired) electrons. The first-order valence-corrected chi connectivity index (χ1v) is 8.10. The van der Waals surface area contributed by atoms with Crippen molar-refractivity contribution in [2.45, 2.75) is 39.5 Å². The Bertz CT molecular complexity index is 641. The third-order valence-corrected chi connectivity index (χ3v) is 4.91. The van der Waals surface area contributed by atoms with Gasteiger partial charge >= 0.3 is 0 Å². The van der Waals surface area contributed by atoms with E-state index >= 15 is 0 Å². The first-order chi connectivity index (χ1) is 10.9. The van der Waals surface area contributed by atoms with E-state index in [0.717, 1.165) is 27.8 Å². The second-order valence-corrected chi connectivity index (χ2v) is 6.49. The number of nitrogens with zero attached hydrogens (tertiary/aromatic N) is 2. The van der Waals surface area contributed by atoms with Gasteiger partial charge in [0.2, 0.25) is 12.3 Å². The molecule has 0 aliphatic rings. The first-order valence-electron chi connectivity index (χ1n) is 7.28. The molecular formula is C16H24N4O2S. The summed E-state index contributed by atoms with van der Waals surface area (Å²) >= 11 is 1.70. The van der Waals surface area contributed by atoms with Gasteiger partial charge in [-0.3, -0.25) is 4.79 Å². The number of primary amides is 1. The normalized spacial score (nSPS) is 10.5. The van der Waals surface area contributed by atoms with Crippen molar-refractivity contribution >= 4 is 28.4 Å². The van der Waals surface area contributed by atoms with Crippen molar-refractivity contribution in [2.24, 2.45) is 5.73 Å². The van der Waals surface area contributed by atoms with Gasteiger partial charge in [-0.05, 0) is 25.5 Å². The van der Waals surface area contributed by atoms with Gasteiger partial charge in [-0.15, -0.1) is 11.3 Å². The lowest BCUT2D eigenvalue weighted by molar-refractivity contribution is -0.106. The number of amides is 1. The molecule has 1 amide bonds. The van der Waals surface area contributed by atoms with Crippen LogP contribution in [0.4, 0.5) is 10.7 Å². The number of nitrogens with two attached hydrogens (primary N) is 1. The van der Waals surface area contributed by atoms with Crippen molar-refractivity contribution in [3.63, 3.8) is 0 Å². The fourth-order valence-electron chi connectivity index (χ4n) is 1.72. The SMILES string of the molecule is CCC(C)(C)c1nc(C)c(Nc2cccnc2OC)s1.NC=O. The number of anilines is 2. The maximum Gasteiger partial charge on any atom is 0.237 e. The Morgan fingerprint density at radius 1 is 1.48 bits per heavy atom. The Labute approximate surface area is 141 Å². The number of pyridine rings is 1. The average molecular weight is 336 g/mol. The molecule has 2 aromatic heterocycles. The van der Waals surface area contributed by atoms with Crippen LogP contribution in [0.3, 0.4) is 0 Å². The molecule has 2 rings (SSSR count). The topological polar surface area (TPSA) is 90.1 Å². The number of nitrogens with one attached hydrogen (secondary N) is 1. The van der Waals surface area contributed by atoms with Crippen molar-refractivity contribution in [1.82, 2.24) is 9.97 Å². The predicted molar refractivity (Wildman–Crippen MR) is 94.5 cm³/mol. The summed E-state index contributed by atoms with van der Waals surface area (Å²) in [5, 5.41) is 5.58. The van der Waals surface area contributed by atoms with Gasteiger partial charge in [-0.2, -0.15) is 0 Å². The molecule has 2 aromatic rings. The molecule has 2 heterocycles. The van der Waals surface area contributed by atoms with Crippen LogP contribution in [-0.2, 0) is 10.2 Å². The van der Waals surface area contributed by atoms with Gasteiger partial charge in [-0.25, -0.2) is 9.97 Å². The fraction of sp³-hybridized carbons (Fsp3) is 0.438. The molecule has 0 aliphatic heterocycles. The fourth-order valence-corrected chi connectivity index (χ4v) is 2.87. The Kier molecular flexibility index (Phi) is 6.96. The van der Waals surface area contributed by atoms with Crippen LogP contribution in [0.1, 0.15) is 37.9 Å². The van der Waals surface area contributed by atoms with Crippen LogP contribution in [0.25, 0.3) is 0 Å². The maximum atomic E-state index is 8.58. The molecule has 0 fully saturated rings. The second-order valence-electron chi connectivity index (χ2n) is 5.49. The second kappa shape index (κ2) is 8.47. The van der Waals surface area contributed by atoms with E-state index < -0.39 is 0 Å². The lowest BCUT2D eigenvalue weighted by Crippen LogP contribution is -2.14. The van der Waals surface area contributed by atoms with Gasteiger partial charge in [0.25, 0.3) is 0 Å². The van der Waals surface area contributed by atoms with E-state index in [0.29, 0.717) is 5.88 Å². The number of hydrogen-bond donors (Lipinski definition) is 2. The minimum Gasteiger partial charge on any atom is -0.480 e. The van der Waals surface area contributed by atoms with Crippen molar-refractivity contribution in [3.05, 3.63) is 29.0 Å². The van der Waals surface area contributed by atoms with Gasteiger partial charge < -0.3 is 15.8 Å². The zero-order valence-corrected chi connectivity index (χ0v) is 15.0. The molecule has 0 atom stereocenters. The summed E-state index contributed by atoms with van der Waals surface area (Å²) in [5.74, 6) is 0.594. The Hall–Kier alpha value is -2.15. The predicted octanol–water partition coefficient (Wildman–Crippen LogP) is 3.39. The number of thiazole rings is 1. The van der Waals surface area contributed by atoms with E-state index in [4.69, 9.17) is 14.5 Å². The highest BCUT2D eigenvalue weighted by Crippen LogP contribution is 2.37. The molecular weight excluding hydrogens is 312 g/mol. The third kappa shape index (κ3) is 4.92. The summed E-state index contributed by atoms with van der Waals surface area (Å²) in [6.07, 6.45) is 3.03. The number of carbonyl (C=O) groups excluding carboxylic acids is 1. The lowest BCUT2D eigenvalue weighted by Gasteiger charge is -2.18. The number of hydrogen-bond acceptors (Lipinski definition) is 6. The summed E-state index contributed by atoms with van der Waals surface area (Å²) in [6, 6.07) is 3.84. The number of methoxy groups -OCH3 is 1. The number of rotatable bonds is 5. The highest BCUT2D eigenvalue weighted by atomic mass is 32.1. The molecule has 7 heteroatoms. The third-order valence-electron chi connectivity index (χ3n) is 3.47. The largest absolute Gasteiger partial charge is 0.480 e. The van der Waals surface area contributed by atoms with Crippen LogP contribution in [0.5, 0.6) is 5.88 Å². The van der Waals surface area contributed by atoms with Gasteiger partial charge in [-0.1, -0.05) is 20.8 Å². The molecule has 0 unspecified atom stereocenters. The van der Waals surface area contributed by atoms with Crippen LogP contribution < -0.4 is 15.8 Å². The van der Waals surface area contributed by atoms with Gasteiger partial charge in [0.15, 0.2) is 0 Å². The molecule has 0 saturated heterocycles. The minimum absolute atomic E-state index is 0.106. The van der Waals surface area contributed by atoms with Crippen LogP contribution in [0.2, 0.25) is 0 Å².